The van der Waals surface area contributed by atoms with Crippen molar-refractivity contribution in [3.8, 4) is 0 Å². The van der Waals surface area contributed by atoms with E-state index in [1.165, 1.54) is 0 Å². The highest BCUT2D eigenvalue weighted by atomic mass is 35.5. The predicted molar refractivity (Wildman–Crippen MR) is 121 cm³/mol. The molecule has 0 aliphatic rings. The maximum absolute atomic E-state index is 14.4. The Bertz CT molecular complexity index is 770. The van der Waals surface area contributed by atoms with Crippen molar-refractivity contribution in [2.75, 3.05) is 6.26 Å². The maximum Gasteiger partial charge on any atom is 0.278 e. The lowest BCUT2D eigenvalue weighted by atomic mass is 10.3. The SMILES string of the molecule is CS[P+](OP(=O)(c1ccccc1)C(C)(C)C)(c1ccccc1)C(C)(C)C.[Cl-]. The molecule has 0 heterocycles. The number of benzene rings is 2. The summed E-state index contributed by atoms with van der Waals surface area (Å²) in [6, 6.07) is 20.0. The lowest BCUT2D eigenvalue weighted by molar-refractivity contribution is -0.00000779. The summed E-state index contributed by atoms with van der Waals surface area (Å²) in [6.07, 6.45) is 2.09. The smallest absolute Gasteiger partial charge is 0.278 e. The second-order valence-electron chi connectivity index (χ2n) is 8.38. The third-order valence-corrected chi connectivity index (χ3v) is 16.7. The normalized spacial score (nSPS) is 16.7. The van der Waals surface area contributed by atoms with E-state index in [1.54, 1.807) is 11.4 Å². The molecule has 2 rings (SSSR count). The molecule has 0 fully saturated rings. The van der Waals surface area contributed by atoms with Crippen LogP contribution >= 0.6 is 25.4 Å². The zero-order valence-electron chi connectivity index (χ0n) is 17.3. The Kier molecular flexibility index (Phi) is 8.26. The molecule has 0 aliphatic heterocycles. The van der Waals surface area contributed by atoms with Crippen LogP contribution in [0.3, 0.4) is 0 Å². The van der Waals surface area contributed by atoms with Gasteiger partial charge in [-0.2, -0.15) is 4.31 Å². The molecular weight excluding hydrogens is 414 g/mol. The van der Waals surface area contributed by atoms with Gasteiger partial charge in [-0.3, -0.25) is 4.57 Å². The van der Waals surface area contributed by atoms with Gasteiger partial charge in [0.2, 0.25) is 6.69 Å². The molecule has 0 bridgehead atoms. The fraction of sp³-hybridized carbons (Fsp3) is 0.429. The van der Waals surface area contributed by atoms with Crippen LogP contribution in [0.1, 0.15) is 41.5 Å². The molecule has 150 valence electrons. The third-order valence-electron chi connectivity index (χ3n) is 4.45. The molecule has 2 nitrogen and oxygen atoms in total. The minimum Gasteiger partial charge on any atom is -1.00 e. The molecule has 0 aromatic heterocycles. The van der Waals surface area contributed by atoms with Gasteiger partial charge in [0, 0.05) is 16.7 Å². The van der Waals surface area contributed by atoms with Crippen molar-refractivity contribution < 1.29 is 21.3 Å². The molecule has 0 saturated heterocycles. The second-order valence-corrected chi connectivity index (χ2v) is 18.0. The van der Waals surface area contributed by atoms with Crippen molar-refractivity contribution in [2.24, 2.45) is 0 Å². The Balaban J connectivity index is 0.00000364. The Morgan fingerprint density at radius 1 is 0.852 bits per heavy atom. The first-order chi connectivity index (χ1) is 12.0. The summed E-state index contributed by atoms with van der Waals surface area (Å²) in [5.74, 6) is 0. The summed E-state index contributed by atoms with van der Waals surface area (Å²) in [4.78, 5) is 0. The Morgan fingerprint density at radius 3 is 1.67 bits per heavy atom. The largest absolute Gasteiger partial charge is 1.00 e. The minimum absolute atomic E-state index is 0. The number of hydrogen-bond donors (Lipinski definition) is 0. The summed E-state index contributed by atoms with van der Waals surface area (Å²) in [5.41, 5.74) is 0. The lowest BCUT2D eigenvalue weighted by Gasteiger charge is -2.39. The van der Waals surface area contributed by atoms with Crippen LogP contribution in [0.5, 0.6) is 0 Å². The number of rotatable bonds is 5. The first-order valence-electron chi connectivity index (χ1n) is 8.85. The van der Waals surface area contributed by atoms with Crippen LogP contribution in [0.15, 0.2) is 60.7 Å². The van der Waals surface area contributed by atoms with Gasteiger partial charge in [-0.05, 0) is 45.0 Å². The molecule has 6 heteroatoms. The van der Waals surface area contributed by atoms with Crippen molar-refractivity contribution in [1.82, 2.24) is 0 Å². The highest BCUT2D eigenvalue weighted by molar-refractivity contribution is 8.63. The second kappa shape index (κ2) is 9.02. The van der Waals surface area contributed by atoms with Gasteiger partial charge in [0.05, 0.1) is 11.4 Å². The molecule has 0 aliphatic carbocycles. The highest BCUT2D eigenvalue weighted by Crippen LogP contribution is 2.84. The van der Waals surface area contributed by atoms with E-state index in [4.69, 9.17) is 4.31 Å². The van der Waals surface area contributed by atoms with Gasteiger partial charge >= 0.3 is 0 Å². The zero-order valence-corrected chi connectivity index (χ0v) is 20.6. The minimum atomic E-state index is -3.13. The summed E-state index contributed by atoms with van der Waals surface area (Å²) >= 11 is 1.73. The molecule has 2 aromatic carbocycles. The summed E-state index contributed by atoms with van der Waals surface area (Å²) in [7, 11) is -3.13. The Hall–Kier alpha value is -0.300. The Morgan fingerprint density at radius 2 is 1.30 bits per heavy atom. The molecule has 27 heavy (non-hydrogen) atoms. The molecule has 0 radical (unpaired) electrons. The summed E-state index contributed by atoms with van der Waals surface area (Å²) in [6.45, 7) is 10.4. The standard InChI is InChI=1S/C21H31O2P2S.ClH/c1-20(2,3)24(22,18-14-10-8-11-15-18)23-25(26-7,21(4,5)6)19-16-12-9-13-17-19;/h8-17H,1-7H3;1H/q+1;/p-1. The first-order valence-corrected chi connectivity index (χ1v) is 14.0. The zero-order chi connectivity index (χ0) is 19.6. The number of halogens is 1. The van der Waals surface area contributed by atoms with Crippen molar-refractivity contribution in [2.45, 2.75) is 51.9 Å². The van der Waals surface area contributed by atoms with E-state index < -0.39 is 19.2 Å². The third kappa shape index (κ3) is 4.82. The van der Waals surface area contributed by atoms with Crippen molar-refractivity contribution in [3.05, 3.63) is 60.7 Å². The molecule has 0 saturated carbocycles. The monoisotopic (exact) mass is 444 g/mol. The van der Waals surface area contributed by atoms with Crippen molar-refractivity contribution in [3.63, 3.8) is 0 Å². The highest BCUT2D eigenvalue weighted by Gasteiger charge is 2.61. The van der Waals surface area contributed by atoms with Gasteiger partial charge < -0.3 is 12.4 Å². The molecule has 0 N–H and O–H groups in total. The van der Waals surface area contributed by atoms with Crippen LogP contribution in [-0.2, 0) is 8.88 Å². The maximum atomic E-state index is 14.4. The van der Waals surface area contributed by atoms with Gasteiger partial charge in [-0.1, -0.05) is 57.2 Å². The molecular formula is C21H31ClO2P2S. The van der Waals surface area contributed by atoms with Gasteiger partial charge in [-0.25, -0.2) is 0 Å². The molecule has 0 spiro atoms. The van der Waals surface area contributed by atoms with Crippen LogP contribution in [0.4, 0.5) is 0 Å². The van der Waals surface area contributed by atoms with Crippen LogP contribution in [-0.4, -0.2) is 16.6 Å². The fourth-order valence-electron chi connectivity index (χ4n) is 2.94. The molecule has 2 aromatic rings. The van der Waals surface area contributed by atoms with Gasteiger partial charge in [0.25, 0.3) is 7.37 Å². The first kappa shape index (κ1) is 24.7. The summed E-state index contributed by atoms with van der Waals surface area (Å²) in [5, 5.41) is 1.31. The van der Waals surface area contributed by atoms with E-state index in [-0.39, 0.29) is 17.6 Å². The van der Waals surface area contributed by atoms with E-state index >= 15 is 0 Å². The van der Waals surface area contributed by atoms with Gasteiger partial charge in [-0.15, -0.1) is 0 Å². The van der Waals surface area contributed by atoms with Crippen LogP contribution < -0.4 is 23.0 Å². The number of hydrogen-bond acceptors (Lipinski definition) is 3. The topological polar surface area (TPSA) is 26.3 Å². The fourth-order valence-corrected chi connectivity index (χ4v) is 14.7. The average Bonchev–Trinajstić information content (AvgIpc) is 2.59. The van der Waals surface area contributed by atoms with Crippen LogP contribution in [0.25, 0.3) is 0 Å². The molecule has 2 atom stereocenters. The van der Waals surface area contributed by atoms with Gasteiger partial charge in [0.15, 0.2) is 0 Å². The Labute approximate surface area is 175 Å². The van der Waals surface area contributed by atoms with E-state index in [1.807, 2.05) is 69.3 Å². The van der Waals surface area contributed by atoms with E-state index in [0.717, 1.165) is 10.6 Å². The average molecular weight is 445 g/mol. The summed E-state index contributed by atoms with van der Waals surface area (Å²) < 4.78 is 21.3. The predicted octanol–water partition coefficient (Wildman–Crippen LogP) is 3.74. The van der Waals surface area contributed by atoms with Gasteiger partial charge in [0.1, 0.15) is 10.5 Å². The quantitative estimate of drug-likeness (QED) is 0.657. The van der Waals surface area contributed by atoms with Crippen molar-refractivity contribution in [1.29, 1.82) is 0 Å². The lowest BCUT2D eigenvalue weighted by Crippen LogP contribution is -3.00. The van der Waals surface area contributed by atoms with E-state index in [0.29, 0.717) is 0 Å². The van der Waals surface area contributed by atoms with Crippen molar-refractivity contribution >= 4 is 36.1 Å². The molecule has 2 unspecified atom stereocenters. The van der Waals surface area contributed by atoms with E-state index in [9.17, 15) is 4.57 Å². The van der Waals surface area contributed by atoms with Crippen LogP contribution in [0.2, 0.25) is 0 Å². The van der Waals surface area contributed by atoms with E-state index in [2.05, 4.69) is 39.2 Å². The van der Waals surface area contributed by atoms with Crippen LogP contribution in [0, 0.1) is 0 Å². The molecule has 0 amide bonds.